The van der Waals surface area contributed by atoms with Crippen LogP contribution in [0, 0.1) is 0 Å². The monoisotopic (exact) mass is 464 g/mol. The average Bonchev–Trinajstić information content (AvgIpc) is 3.41. The smallest absolute Gasteiger partial charge is 0.291 e. The van der Waals surface area contributed by atoms with Crippen LogP contribution in [0.3, 0.4) is 0 Å². The fraction of sp³-hybridized carbons (Fsp3) is 0.167. The Morgan fingerprint density at radius 1 is 0.882 bits per heavy atom. The minimum Gasteiger partial charge on any atom is -0.497 e. The predicted octanol–water partition coefficient (Wildman–Crippen LogP) is 2.51. The highest BCUT2D eigenvalue weighted by Crippen LogP contribution is 2.17. The van der Waals surface area contributed by atoms with Crippen molar-refractivity contribution in [2.24, 2.45) is 0 Å². The molecule has 0 bridgehead atoms. The molecule has 176 valence electrons. The SMILES string of the molecule is CC[C@H](NC(=O)c1ccccc1NC(=O)c1ccco1)C(=O)NNC(=O)c1ccc(OC)cc1. The van der Waals surface area contributed by atoms with Gasteiger partial charge >= 0.3 is 0 Å². The Labute approximate surface area is 195 Å². The van der Waals surface area contributed by atoms with Crippen molar-refractivity contribution < 1.29 is 28.3 Å². The lowest BCUT2D eigenvalue weighted by Gasteiger charge is -2.18. The van der Waals surface area contributed by atoms with E-state index in [4.69, 9.17) is 9.15 Å². The number of ether oxygens (including phenoxy) is 1. The fourth-order valence-electron chi connectivity index (χ4n) is 2.99. The lowest BCUT2D eigenvalue weighted by atomic mass is 10.1. The van der Waals surface area contributed by atoms with Crippen molar-refractivity contribution in [2.75, 3.05) is 12.4 Å². The largest absolute Gasteiger partial charge is 0.497 e. The highest BCUT2D eigenvalue weighted by molar-refractivity contribution is 6.08. The molecule has 10 heteroatoms. The van der Waals surface area contributed by atoms with Crippen molar-refractivity contribution in [3.8, 4) is 5.75 Å². The molecule has 4 amide bonds. The summed E-state index contributed by atoms with van der Waals surface area (Å²) in [6, 6.07) is 14.8. The van der Waals surface area contributed by atoms with Gasteiger partial charge in [-0.3, -0.25) is 30.0 Å². The standard InChI is InChI=1S/C24H24N4O6/c1-3-18(23(31)28-27-21(29)15-10-12-16(33-2)13-11-15)25-22(30)17-7-4-5-8-19(17)26-24(32)20-9-6-14-34-20/h4-14,18H,3H2,1-2H3,(H,25,30)(H,26,32)(H,27,29)(H,28,31)/t18-/m0/s1. The number of anilines is 1. The maximum atomic E-state index is 12.9. The second kappa shape index (κ2) is 11.3. The third-order valence-electron chi connectivity index (χ3n) is 4.85. The van der Waals surface area contributed by atoms with Crippen molar-refractivity contribution in [1.82, 2.24) is 16.2 Å². The number of rotatable bonds is 8. The van der Waals surface area contributed by atoms with Crippen LogP contribution < -0.4 is 26.2 Å². The summed E-state index contributed by atoms with van der Waals surface area (Å²) < 4.78 is 10.1. The van der Waals surface area contributed by atoms with Gasteiger partial charge in [-0.05, 0) is 55.0 Å². The summed E-state index contributed by atoms with van der Waals surface area (Å²) in [4.78, 5) is 50.0. The zero-order valence-electron chi connectivity index (χ0n) is 18.6. The van der Waals surface area contributed by atoms with Crippen molar-refractivity contribution in [3.05, 3.63) is 83.8 Å². The Balaban J connectivity index is 1.61. The minimum atomic E-state index is -0.933. The number of hydrogen-bond donors (Lipinski definition) is 4. The minimum absolute atomic E-state index is 0.0913. The number of amides is 4. The van der Waals surface area contributed by atoms with E-state index in [0.717, 1.165) is 0 Å². The zero-order chi connectivity index (χ0) is 24.5. The van der Waals surface area contributed by atoms with Crippen molar-refractivity contribution in [3.63, 3.8) is 0 Å². The maximum Gasteiger partial charge on any atom is 0.291 e. The Morgan fingerprint density at radius 2 is 1.62 bits per heavy atom. The van der Waals surface area contributed by atoms with E-state index in [1.54, 1.807) is 55.5 Å². The molecule has 0 spiro atoms. The number of para-hydroxylation sites is 1. The summed E-state index contributed by atoms with van der Waals surface area (Å²) >= 11 is 0. The molecule has 0 aliphatic heterocycles. The zero-order valence-corrected chi connectivity index (χ0v) is 18.6. The molecular weight excluding hydrogens is 440 g/mol. The van der Waals surface area contributed by atoms with E-state index in [9.17, 15) is 19.2 Å². The number of hydrogen-bond acceptors (Lipinski definition) is 6. The summed E-state index contributed by atoms with van der Waals surface area (Å²) in [7, 11) is 1.51. The summed E-state index contributed by atoms with van der Waals surface area (Å²) in [6.07, 6.45) is 1.63. The normalized spacial score (nSPS) is 11.1. The Hall–Kier alpha value is -4.60. The van der Waals surface area contributed by atoms with Gasteiger partial charge in [0.15, 0.2) is 5.76 Å². The Kier molecular flexibility index (Phi) is 8.01. The van der Waals surface area contributed by atoms with Crippen LogP contribution >= 0.6 is 0 Å². The molecule has 0 saturated carbocycles. The topological polar surface area (TPSA) is 139 Å². The summed E-state index contributed by atoms with van der Waals surface area (Å²) in [6.45, 7) is 1.71. The summed E-state index contributed by atoms with van der Waals surface area (Å²) in [5, 5.41) is 5.24. The van der Waals surface area contributed by atoms with Crippen LogP contribution in [0.15, 0.2) is 71.3 Å². The molecule has 0 aliphatic carbocycles. The van der Waals surface area contributed by atoms with Crippen molar-refractivity contribution >= 4 is 29.3 Å². The van der Waals surface area contributed by atoms with Gasteiger partial charge in [-0.25, -0.2) is 0 Å². The van der Waals surface area contributed by atoms with Crippen LogP contribution in [-0.4, -0.2) is 36.8 Å². The first-order chi connectivity index (χ1) is 16.4. The first-order valence-corrected chi connectivity index (χ1v) is 10.4. The summed E-state index contributed by atoms with van der Waals surface area (Å²) in [5.74, 6) is -1.53. The molecule has 1 atom stereocenters. The van der Waals surface area contributed by atoms with Gasteiger partial charge in [-0.1, -0.05) is 19.1 Å². The molecular formula is C24H24N4O6. The van der Waals surface area contributed by atoms with Crippen LogP contribution in [0.2, 0.25) is 0 Å². The van der Waals surface area contributed by atoms with E-state index in [1.165, 1.54) is 25.5 Å². The molecule has 2 aromatic carbocycles. The molecule has 1 heterocycles. The number of hydrazine groups is 1. The van der Waals surface area contributed by atoms with E-state index >= 15 is 0 Å². The lowest BCUT2D eigenvalue weighted by Crippen LogP contribution is -2.52. The van der Waals surface area contributed by atoms with Gasteiger partial charge in [-0.15, -0.1) is 0 Å². The Bertz CT molecular complexity index is 1160. The molecule has 3 aromatic rings. The molecule has 1 aromatic heterocycles. The van der Waals surface area contributed by atoms with Crippen LogP contribution in [0.1, 0.15) is 44.6 Å². The number of nitrogens with one attached hydrogen (secondary N) is 4. The van der Waals surface area contributed by atoms with Crippen LogP contribution in [0.25, 0.3) is 0 Å². The first kappa shape index (κ1) is 24.1. The molecule has 0 unspecified atom stereocenters. The molecule has 4 N–H and O–H groups in total. The van der Waals surface area contributed by atoms with Crippen LogP contribution in [0.4, 0.5) is 5.69 Å². The third kappa shape index (κ3) is 6.00. The quantitative estimate of drug-likeness (QED) is 0.378. The van der Waals surface area contributed by atoms with Crippen LogP contribution in [-0.2, 0) is 4.79 Å². The molecule has 3 rings (SSSR count). The lowest BCUT2D eigenvalue weighted by molar-refractivity contribution is -0.123. The molecule has 10 nitrogen and oxygen atoms in total. The molecule has 0 saturated heterocycles. The van der Waals surface area contributed by atoms with Gasteiger partial charge < -0.3 is 19.8 Å². The maximum absolute atomic E-state index is 12.9. The highest BCUT2D eigenvalue weighted by Gasteiger charge is 2.22. The van der Waals surface area contributed by atoms with E-state index in [1.807, 2.05) is 0 Å². The highest BCUT2D eigenvalue weighted by atomic mass is 16.5. The van der Waals surface area contributed by atoms with E-state index in [0.29, 0.717) is 11.3 Å². The third-order valence-corrected chi connectivity index (χ3v) is 4.85. The average molecular weight is 464 g/mol. The Morgan fingerprint density at radius 3 is 2.26 bits per heavy atom. The van der Waals surface area contributed by atoms with Crippen molar-refractivity contribution in [1.29, 1.82) is 0 Å². The first-order valence-electron chi connectivity index (χ1n) is 10.4. The number of furan rings is 1. The summed E-state index contributed by atoms with van der Waals surface area (Å²) in [5.41, 5.74) is 5.37. The van der Waals surface area contributed by atoms with Gasteiger partial charge in [0.2, 0.25) is 0 Å². The van der Waals surface area contributed by atoms with E-state index in [2.05, 4.69) is 21.5 Å². The van der Waals surface area contributed by atoms with Gasteiger partial charge in [0, 0.05) is 5.56 Å². The van der Waals surface area contributed by atoms with Crippen LogP contribution in [0.5, 0.6) is 5.75 Å². The number of carbonyl (C=O) groups is 4. The molecule has 0 radical (unpaired) electrons. The number of carbonyl (C=O) groups excluding carboxylic acids is 4. The molecule has 0 aliphatic rings. The van der Waals surface area contributed by atoms with Gasteiger partial charge in [-0.2, -0.15) is 0 Å². The predicted molar refractivity (Wildman–Crippen MR) is 123 cm³/mol. The van der Waals surface area contributed by atoms with Gasteiger partial charge in [0.05, 0.1) is 24.6 Å². The van der Waals surface area contributed by atoms with E-state index < -0.39 is 29.7 Å². The fourth-order valence-corrected chi connectivity index (χ4v) is 2.99. The second-order valence-electron chi connectivity index (χ2n) is 7.08. The number of benzene rings is 2. The van der Waals surface area contributed by atoms with Gasteiger partial charge in [0.25, 0.3) is 23.6 Å². The van der Waals surface area contributed by atoms with Crippen molar-refractivity contribution in [2.45, 2.75) is 19.4 Å². The molecule has 34 heavy (non-hydrogen) atoms. The van der Waals surface area contributed by atoms with E-state index in [-0.39, 0.29) is 23.4 Å². The second-order valence-corrected chi connectivity index (χ2v) is 7.08. The van der Waals surface area contributed by atoms with Gasteiger partial charge in [0.1, 0.15) is 11.8 Å². The molecule has 0 fully saturated rings. The number of methoxy groups -OCH3 is 1.